The standard InChI is InChI=1S/C15H18N6O/c16-15(2-3-15)14(22)21-7-9-5-10(21)6-20(9)13-11-1-4-17-12(11)18-8-19-13/h1,4,8-10H,2-3,5-7,16H2,(H,17,18,19)/t9-,10-/m0/s1. The summed E-state index contributed by atoms with van der Waals surface area (Å²) < 4.78 is 0. The van der Waals surface area contributed by atoms with E-state index in [-0.39, 0.29) is 11.9 Å². The number of likely N-dealkylation sites (tertiary alicyclic amines) is 1. The van der Waals surface area contributed by atoms with Crippen LogP contribution in [0.25, 0.3) is 11.0 Å². The second kappa shape index (κ2) is 3.98. The molecule has 0 unspecified atom stereocenters. The lowest BCUT2D eigenvalue weighted by Gasteiger charge is -2.36. The lowest BCUT2D eigenvalue weighted by atomic mass is 10.2. The Balaban J connectivity index is 1.43. The van der Waals surface area contributed by atoms with Crippen molar-refractivity contribution < 1.29 is 4.79 Å². The second-order valence-electron chi connectivity index (χ2n) is 6.75. The quantitative estimate of drug-likeness (QED) is 0.828. The molecule has 1 saturated carbocycles. The number of nitrogens with two attached hydrogens (primary N) is 1. The van der Waals surface area contributed by atoms with Gasteiger partial charge >= 0.3 is 0 Å². The van der Waals surface area contributed by atoms with Crippen molar-refractivity contribution in [1.82, 2.24) is 19.9 Å². The van der Waals surface area contributed by atoms with Crippen molar-refractivity contribution >= 4 is 22.8 Å². The van der Waals surface area contributed by atoms with Crippen LogP contribution in [0.15, 0.2) is 18.6 Å². The molecule has 1 aliphatic carbocycles. The Morgan fingerprint density at radius 2 is 2.18 bits per heavy atom. The van der Waals surface area contributed by atoms with Gasteiger partial charge in [-0.25, -0.2) is 9.97 Å². The number of nitrogens with zero attached hydrogens (tertiary/aromatic N) is 4. The van der Waals surface area contributed by atoms with E-state index in [0.29, 0.717) is 6.04 Å². The minimum Gasteiger partial charge on any atom is -0.349 e. The molecule has 3 fully saturated rings. The maximum atomic E-state index is 12.5. The molecule has 2 aromatic heterocycles. The smallest absolute Gasteiger partial charge is 0.243 e. The molecule has 5 rings (SSSR count). The Morgan fingerprint density at radius 3 is 2.91 bits per heavy atom. The molecule has 0 spiro atoms. The fourth-order valence-corrected chi connectivity index (χ4v) is 3.90. The van der Waals surface area contributed by atoms with Crippen LogP contribution in [0.4, 0.5) is 5.82 Å². The van der Waals surface area contributed by atoms with Gasteiger partial charge in [-0.15, -0.1) is 0 Å². The summed E-state index contributed by atoms with van der Waals surface area (Å²) in [4.78, 5) is 28.7. The van der Waals surface area contributed by atoms with E-state index >= 15 is 0 Å². The number of piperazine rings is 1. The Hall–Kier alpha value is -2.15. The Bertz CT molecular complexity index is 766. The summed E-state index contributed by atoms with van der Waals surface area (Å²) in [5.41, 5.74) is 6.38. The highest BCUT2D eigenvalue weighted by atomic mass is 16.2. The van der Waals surface area contributed by atoms with Gasteiger partial charge in [-0.1, -0.05) is 0 Å². The highest BCUT2D eigenvalue weighted by Crippen LogP contribution is 2.41. The number of aromatic nitrogens is 3. The first-order chi connectivity index (χ1) is 10.7. The molecule has 3 N–H and O–H groups in total. The van der Waals surface area contributed by atoms with E-state index in [0.717, 1.165) is 49.2 Å². The number of hydrogen-bond donors (Lipinski definition) is 2. The van der Waals surface area contributed by atoms with E-state index < -0.39 is 5.54 Å². The molecule has 22 heavy (non-hydrogen) atoms. The topological polar surface area (TPSA) is 91.1 Å². The maximum Gasteiger partial charge on any atom is 0.243 e. The molecule has 2 aromatic rings. The number of carbonyl (C=O) groups excluding carboxylic acids is 1. The van der Waals surface area contributed by atoms with Crippen LogP contribution in [0.5, 0.6) is 0 Å². The van der Waals surface area contributed by atoms with Gasteiger partial charge in [0.1, 0.15) is 17.8 Å². The average Bonchev–Trinajstić information content (AvgIpc) is 2.96. The van der Waals surface area contributed by atoms with Crippen LogP contribution in [0.3, 0.4) is 0 Å². The summed E-state index contributed by atoms with van der Waals surface area (Å²) in [6, 6.07) is 2.62. The summed E-state index contributed by atoms with van der Waals surface area (Å²) in [7, 11) is 0. The Morgan fingerprint density at radius 1 is 1.32 bits per heavy atom. The van der Waals surface area contributed by atoms with Gasteiger partial charge in [0.2, 0.25) is 5.91 Å². The molecular formula is C15H18N6O. The number of rotatable bonds is 2. The number of amides is 1. The number of carbonyl (C=O) groups is 1. The third kappa shape index (κ3) is 1.57. The molecular weight excluding hydrogens is 280 g/mol. The third-order valence-electron chi connectivity index (χ3n) is 5.32. The van der Waals surface area contributed by atoms with E-state index in [2.05, 4.69) is 19.9 Å². The van der Waals surface area contributed by atoms with Gasteiger partial charge in [-0.2, -0.15) is 0 Å². The van der Waals surface area contributed by atoms with E-state index in [1.54, 1.807) is 6.33 Å². The van der Waals surface area contributed by atoms with E-state index in [1.807, 2.05) is 17.2 Å². The Kier molecular flexibility index (Phi) is 2.24. The van der Waals surface area contributed by atoms with Crippen molar-refractivity contribution in [2.45, 2.75) is 36.9 Å². The molecule has 0 radical (unpaired) electrons. The average molecular weight is 298 g/mol. The number of fused-ring (bicyclic) bond motifs is 3. The fourth-order valence-electron chi connectivity index (χ4n) is 3.90. The zero-order chi connectivity index (χ0) is 14.9. The third-order valence-corrected chi connectivity index (χ3v) is 5.32. The molecule has 2 bridgehead atoms. The first-order valence-corrected chi connectivity index (χ1v) is 7.80. The van der Waals surface area contributed by atoms with Crippen LogP contribution in [-0.4, -0.2) is 56.5 Å². The lowest BCUT2D eigenvalue weighted by molar-refractivity contribution is -0.134. The minimum absolute atomic E-state index is 0.147. The van der Waals surface area contributed by atoms with E-state index in [1.165, 1.54) is 0 Å². The molecule has 2 aliphatic heterocycles. The zero-order valence-electron chi connectivity index (χ0n) is 12.2. The molecule has 2 atom stereocenters. The van der Waals surface area contributed by atoms with Crippen LogP contribution in [0, 0.1) is 0 Å². The maximum absolute atomic E-state index is 12.5. The lowest BCUT2D eigenvalue weighted by Crippen LogP contribution is -2.54. The largest absolute Gasteiger partial charge is 0.349 e. The summed E-state index contributed by atoms with van der Waals surface area (Å²) >= 11 is 0. The van der Waals surface area contributed by atoms with Gasteiger partial charge in [0.25, 0.3) is 0 Å². The summed E-state index contributed by atoms with van der Waals surface area (Å²) in [6.07, 6.45) is 6.16. The predicted octanol–water partition coefficient (Wildman–Crippen LogP) is 0.239. The van der Waals surface area contributed by atoms with Gasteiger partial charge in [-0.05, 0) is 25.3 Å². The van der Waals surface area contributed by atoms with Crippen molar-refractivity contribution in [3.05, 3.63) is 18.6 Å². The number of hydrogen-bond acceptors (Lipinski definition) is 5. The van der Waals surface area contributed by atoms with Crippen LogP contribution in [0.2, 0.25) is 0 Å². The van der Waals surface area contributed by atoms with Gasteiger partial charge in [-0.3, -0.25) is 4.79 Å². The summed E-state index contributed by atoms with van der Waals surface area (Å²) in [5.74, 6) is 1.12. The highest BCUT2D eigenvalue weighted by Gasteiger charge is 2.54. The second-order valence-corrected chi connectivity index (χ2v) is 6.75. The minimum atomic E-state index is -0.557. The molecule has 7 nitrogen and oxygen atoms in total. The number of H-pyrrole nitrogens is 1. The predicted molar refractivity (Wildman–Crippen MR) is 81.3 cm³/mol. The van der Waals surface area contributed by atoms with E-state index in [9.17, 15) is 4.79 Å². The van der Waals surface area contributed by atoms with Gasteiger partial charge in [0, 0.05) is 19.3 Å². The Labute approximate surface area is 127 Å². The molecule has 7 heteroatoms. The van der Waals surface area contributed by atoms with Crippen molar-refractivity contribution in [1.29, 1.82) is 0 Å². The van der Waals surface area contributed by atoms with Gasteiger partial charge < -0.3 is 20.5 Å². The summed E-state index contributed by atoms with van der Waals surface area (Å²) in [6.45, 7) is 1.60. The molecule has 4 heterocycles. The van der Waals surface area contributed by atoms with Gasteiger partial charge in [0.15, 0.2) is 0 Å². The van der Waals surface area contributed by atoms with Crippen molar-refractivity contribution in [2.75, 3.05) is 18.0 Å². The highest BCUT2D eigenvalue weighted by molar-refractivity contribution is 5.91. The van der Waals surface area contributed by atoms with Crippen LogP contribution in [-0.2, 0) is 4.79 Å². The summed E-state index contributed by atoms with van der Waals surface area (Å²) in [5, 5.41) is 1.05. The van der Waals surface area contributed by atoms with Crippen molar-refractivity contribution in [3.8, 4) is 0 Å². The molecule has 1 amide bonds. The SMILES string of the molecule is NC1(C(=O)N2C[C@@H]3C[C@H]2CN3c2ncnc3[nH]ccc23)CC1. The van der Waals surface area contributed by atoms with Crippen LogP contribution in [0.1, 0.15) is 19.3 Å². The first-order valence-electron chi connectivity index (χ1n) is 7.80. The molecule has 114 valence electrons. The van der Waals surface area contributed by atoms with E-state index in [4.69, 9.17) is 5.73 Å². The number of anilines is 1. The number of nitrogens with one attached hydrogen (secondary N) is 1. The zero-order valence-corrected chi connectivity index (χ0v) is 12.2. The number of aromatic amines is 1. The van der Waals surface area contributed by atoms with Crippen LogP contribution < -0.4 is 10.6 Å². The molecule has 2 saturated heterocycles. The van der Waals surface area contributed by atoms with Crippen molar-refractivity contribution in [3.63, 3.8) is 0 Å². The normalized spacial score (nSPS) is 28.6. The van der Waals surface area contributed by atoms with Crippen LogP contribution >= 0.6 is 0 Å². The monoisotopic (exact) mass is 298 g/mol. The van der Waals surface area contributed by atoms with Gasteiger partial charge in [0.05, 0.1) is 23.0 Å². The molecule has 3 aliphatic rings. The van der Waals surface area contributed by atoms with Crippen molar-refractivity contribution in [2.24, 2.45) is 5.73 Å². The molecule has 0 aromatic carbocycles. The fraction of sp³-hybridized carbons (Fsp3) is 0.533. The first kappa shape index (κ1) is 12.4.